The van der Waals surface area contributed by atoms with Gasteiger partial charge in [-0.25, -0.2) is 0 Å². The Balaban J connectivity index is 1.99. The Kier molecular flexibility index (Phi) is 3.88. The average molecular weight is 321 g/mol. The Morgan fingerprint density at radius 2 is 1.87 bits per heavy atom. The number of rotatable bonds is 4. The summed E-state index contributed by atoms with van der Waals surface area (Å²) in [4.78, 5) is 25.3. The monoisotopic (exact) mass is 321 g/mol. The minimum Gasteiger partial charge on any atom is -0.465 e. The van der Waals surface area contributed by atoms with Gasteiger partial charge in [0.25, 0.3) is 0 Å². The van der Waals surface area contributed by atoms with E-state index in [2.05, 4.69) is 6.07 Å². The van der Waals surface area contributed by atoms with Crippen molar-refractivity contribution in [2.75, 3.05) is 13.2 Å². The largest absolute Gasteiger partial charge is 0.465 e. The molecule has 3 rings (SSSR count). The molecule has 3 unspecified atom stereocenters. The third-order valence-electron chi connectivity index (χ3n) is 5.67. The first kappa shape index (κ1) is 16.3. The van der Waals surface area contributed by atoms with Gasteiger partial charge >= 0.3 is 11.9 Å². The molecule has 0 aromatic rings. The average Bonchev–Trinajstić information content (AvgIpc) is 3.20. The van der Waals surface area contributed by atoms with Crippen LogP contribution in [-0.4, -0.2) is 36.4 Å². The summed E-state index contributed by atoms with van der Waals surface area (Å²) in [6.07, 6.45) is 4.14. The number of hydrogen-bond acceptors (Lipinski definition) is 6. The number of carbonyl (C=O) groups excluding carboxylic acids is 2. The van der Waals surface area contributed by atoms with Gasteiger partial charge in [-0.05, 0) is 39.0 Å². The van der Waals surface area contributed by atoms with E-state index in [0.717, 1.165) is 25.7 Å². The molecule has 0 N–H and O–H groups in total. The van der Waals surface area contributed by atoms with E-state index in [-0.39, 0.29) is 25.6 Å². The molecule has 0 bridgehead atoms. The number of carbonyl (C=O) groups is 2. The molecule has 6 nitrogen and oxygen atoms in total. The topological polar surface area (TPSA) is 88.9 Å². The summed E-state index contributed by atoms with van der Waals surface area (Å²) in [6, 6.07) is 2.26. The highest BCUT2D eigenvalue weighted by Gasteiger charge is 2.81. The van der Waals surface area contributed by atoms with Gasteiger partial charge in [-0.1, -0.05) is 12.8 Å². The van der Waals surface area contributed by atoms with Crippen LogP contribution >= 0.6 is 0 Å². The standard InChI is InChI=1S/C17H23NO5/c1-3-21-13(19)15(14(20)22-4-2)9-12-7-5-6-8-17(12)16(10-15,11-18)23-17/h12H,3-10H2,1-2H3. The van der Waals surface area contributed by atoms with Crippen LogP contribution in [0, 0.1) is 22.7 Å². The first-order valence-corrected chi connectivity index (χ1v) is 8.46. The molecular formula is C17H23NO5. The Morgan fingerprint density at radius 1 is 1.22 bits per heavy atom. The highest BCUT2D eigenvalue weighted by molar-refractivity contribution is 6.00. The van der Waals surface area contributed by atoms with Crippen molar-refractivity contribution in [1.29, 1.82) is 5.26 Å². The van der Waals surface area contributed by atoms with Crippen molar-refractivity contribution >= 4 is 11.9 Å². The zero-order valence-electron chi connectivity index (χ0n) is 13.7. The molecule has 1 aliphatic heterocycles. The molecule has 1 heterocycles. The molecular weight excluding hydrogens is 298 g/mol. The van der Waals surface area contributed by atoms with Gasteiger partial charge < -0.3 is 14.2 Å². The molecule has 2 aliphatic carbocycles. The molecule has 1 saturated heterocycles. The lowest BCUT2D eigenvalue weighted by molar-refractivity contribution is -0.177. The quantitative estimate of drug-likeness (QED) is 0.447. The highest BCUT2D eigenvalue weighted by Crippen LogP contribution is 2.69. The van der Waals surface area contributed by atoms with Crippen molar-refractivity contribution in [1.82, 2.24) is 0 Å². The second kappa shape index (κ2) is 5.48. The second-order valence-electron chi connectivity index (χ2n) is 6.78. The Labute approximate surface area is 136 Å². The van der Waals surface area contributed by atoms with E-state index >= 15 is 0 Å². The fraction of sp³-hybridized carbons (Fsp3) is 0.824. The Morgan fingerprint density at radius 3 is 2.43 bits per heavy atom. The molecule has 23 heavy (non-hydrogen) atoms. The molecule has 2 saturated carbocycles. The van der Waals surface area contributed by atoms with E-state index in [9.17, 15) is 14.9 Å². The van der Waals surface area contributed by atoms with Gasteiger partial charge in [-0.3, -0.25) is 9.59 Å². The van der Waals surface area contributed by atoms with Crippen molar-refractivity contribution in [2.24, 2.45) is 11.3 Å². The minimum absolute atomic E-state index is 0.0264. The van der Waals surface area contributed by atoms with Gasteiger partial charge in [0.05, 0.1) is 13.2 Å². The molecule has 0 radical (unpaired) electrons. The van der Waals surface area contributed by atoms with E-state index in [1.54, 1.807) is 13.8 Å². The molecule has 3 aliphatic rings. The molecule has 0 aromatic heterocycles. The summed E-state index contributed by atoms with van der Waals surface area (Å²) in [5.74, 6) is -1.14. The number of hydrogen-bond donors (Lipinski definition) is 0. The van der Waals surface area contributed by atoms with Gasteiger partial charge in [0.15, 0.2) is 11.0 Å². The molecule has 6 heteroatoms. The van der Waals surface area contributed by atoms with Crippen LogP contribution in [0.1, 0.15) is 52.4 Å². The lowest BCUT2D eigenvalue weighted by atomic mass is 9.57. The van der Waals surface area contributed by atoms with Crippen molar-refractivity contribution in [3.05, 3.63) is 0 Å². The smallest absolute Gasteiger partial charge is 0.323 e. The van der Waals surface area contributed by atoms with Crippen LogP contribution in [0.3, 0.4) is 0 Å². The first-order valence-electron chi connectivity index (χ1n) is 8.46. The maximum atomic E-state index is 12.6. The van der Waals surface area contributed by atoms with Crippen LogP contribution < -0.4 is 0 Å². The maximum absolute atomic E-state index is 12.6. The number of nitrogens with zero attached hydrogens (tertiary/aromatic N) is 1. The predicted octanol–water partition coefficient (Wildman–Crippen LogP) is 2.11. The molecule has 3 fully saturated rings. The number of esters is 2. The number of epoxide rings is 1. The van der Waals surface area contributed by atoms with Gasteiger partial charge in [-0.2, -0.15) is 5.26 Å². The summed E-state index contributed by atoms with van der Waals surface area (Å²) >= 11 is 0. The van der Waals surface area contributed by atoms with Gasteiger partial charge in [0.2, 0.25) is 0 Å². The zero-order valence-corrected chi connectivity index (χ0v) is 13.7. The summed E-state index contributed by atoms with van der Waals surface area (Å²) in [5.41, 5.74) is -2.93. The van der Waals surface area contributed by atoms with Crippen LogP contribution in [0.2, 0.25) is 0 Å². The maximum Gasteiger partial charge on any atom is 0.323 e. The lowest BCUT2D eigenvalue weighted by Crippen LogP contribution is -2.54. The summed E-state index contributed by atoms with van der Waals surface area (Å²) in [5, 5.41) is 9.70. The fourth-order valence-electron chi connectivity index (χ4n) is 4.63. The highest BCUT2D eigenvalue weighted by atomic mass is 16.6. The first-order chi connectivity index (χ1) is 11.0. The van der Waals surface area contributed by atoms with E-state index < -0.39 is 28.6 Å². The number of ether oxygens (including phenoxy) is 3. The van der Waals surface area contributed by atoms with Crippen molar-refractivity contribution < 1.29 is 23.8 Å². The van der Waals surface area contributed by atoms with Crippen molar-refractivity contribution in [3.63, 3.8) is 0 Å². The summed E-state index contributed by atoms with van der Waals surface area (Å²) in [6.45, 7) is 3.79. The van der Waals surface area contributed by atoms with Gasteiger partial charge in [-0.15, -0.1) is 0 Å². The van der Waals surface area contributed by atoms with Gasteiger partial charge in [0.1, 0.15) is 11.7 Å². The van der Waals surface area contributed by atoms with Crippen LogP contribution in [0.5, 0.6) is 0 Å². The Bertz CT molecular complexity index is 550. The van der Waals surface area contributed by atoms with E-state index in [1.807, 2.05) is 0 Å². The van der Waals surface area contributed by atoms with Crippen LogP contribution in [0.15, 0.2) is 0 Å². The molecule has 3 atom stereocenters. The summed E-state index contributed by atoms with van der Waals surface area (Å²) < 4.78 is 16.3. The normalized spacial score (nSPS) is 36.8. The summed E-state index contributed by atoms with van der Waals surface area (Å²) in [7, 11) is 0. The molecule has 126 valence electrons. The lowest BCUT2D eigenvalue weighted by Gasteiger charge is -2.42. The Hall–Kier alpha value is -1.61. The predicted molar refractivity (Wildman–Crippen MR) is 79.1 cm³/mol. The van der Waals surface area contributed by atoms with E-state index in [0.29, 0.717) is 6.42 Å². The third kappa shape index (κ3) is 2.09. The van der Waals surface area contributed by atoms with E-state index in [1.165, 1.54) is 0 Å². The van der Waals surface area contributed by atoms with Crippen molar-refractivity contribution in [3.8, 4) is 6.07 Å². The van der Waals surface area contributed by atoms with Crippen LogP contribution in [0.4, 0.5) is 0 Å². The third-order valence-corrected chi connectivity index (χ3v) is 5.67. The van der Waals surface area contributed by atoms with Crippen molar-refractivity contribution in [2.45, 2.75) is 63.6 Å². The SMILES string of the molecule is CCOC(=O)C1(C(=O)OCC)CC2CCCCC23OC3(C#N)C1. The molecule has 0 amide bonds. The number of nitriles is 1. The van der Waals surface area contributed by atoms with Crippen LogP contribution in [-0.2, 0) is 23.8 Å². The zero-order chi connectivity index (χ0) is 16.7. The molecule has 0 aromatic carbocycles. The second-order valence-corrected chi connectivity index (χ2v) is 6.78. The van der Waals surface area contributed by atoms with E-state index in [4.69, 9.17) is 14.2 Å². The van der Waals surface area contributed by atoms with Gasteiger partial charge in [0, 0.05) is 6.42 Å². The van der Waals surface area contributed by atoms with Crippen LogP contribution in [0.25, 0.3) is 0 Å². The molecule has 1 spiro atoms. The fourth-order valence-corrected chi connectivity index (χ4v) is 4.63. The minimum atomic E-state index is -1.41.